The molecule has 0 atom stereocenters. The number of hydrogen-bond acceptors (Lipinski definition) is 5. The van der Waals surface area contributed by atoms with Crippen molar-refractivity contribution in [2.45, 2.75) is 13.5 Å². The highest BCUT2D eigenvalue weighted by Crippen LogP contribution is 2.28. The van der Waals surface area contributed by atoms with Crippen LogP contribution in [0.25, 0.3) is 5.70 Å². The first-order valence-electron chi connectivity index (χ1n) is 9.66. The van der Waals surface area contributed by atoms with Gasteiger partial charge in [-0.2, -0.15) is 0 Å². The SMILES string of the molecule is C=C(c1cc(C(=O)OC)ccn1)N(Cc1ccc(Oc2ccccc2)cc1)/C(Br)=C\C. The maximum absolute atomic E-state index is 11.9. The van der Waals surface area contributed by atoms with Crippen LogP contribution in [-0.4, -0.2) is 23.0 Å². The molecule has 1 heterocycles. The Hall–Kier alpha value is -3.38. The second-order valence-electron chi connectivity index (χ2n) is 6.62. The lowest BCUT2D eigenvalue weighted by Gasteiger charge is -2.26. The first-order valence-corrected chi connectivity index (χ1v) is 10.5. The average molecular weight is 479 g/mol. The summed E-state index contributed by atoms with van der Waals surface area (Å²) >= 11 is 3.60. The Bertz CT molecular complexity index is 1080. The Morgan fingerprint density at radius 3 is 2.42 bits per heavy atom. The van der Waals surface area contributed by atoms with Crippen LogP contribution in [0.3, 0.4) is 0 Å². The molecular weight excluding hydrogens is 456 g/mol. The van der Waals surface area contributed by atoms with E-state index in [1.165, 1.54) is 7.11 Å². The number of ether oxygens (including phenoxy) is 2. The Labute approximate surface area is 190 Å². The van der Waals surface area contributed by atoms with E-state index >= 15 is 0 Å². The molecule has 31 heavy (non-hydrogen) atoms. The second kappa shape index (κ2) is 10.6. The van der Waals surface area contributed by atoms with Crippen LogP contribution in [0.15, 0.2) is 90.2 Å². The van der Waals surface area contributed by atoms with Gasteiger partial charge in [0.2, 0.25) is 0 Å². The summed E-state index contributed by atoms with van der Waals surface area (Å²) in [4.78, 5) is 18.2. The summed E-state index contributed by atoms with van der Waals surface area (Å²) in [7, 11) is 1.35. The molecule has 1 aromatic heterocycles. The molecule has 5 nitrogen and oxygen atoms in total. The van der Waals surface area contributed by atoms with Crippen LogP contribution >= 0.6 is 15.9 Å². The van der Waals surface area contributed by atoms with Crippen molar-refractivity contribution in [1.29, 1.82) is 0 Å². The van der Waals surface area contributed by atoms with Crippen molar-refractivity contribution in [3.8, 4) is 11.5 Å². The lowest BCUT2D eigenvalue weighted by molar-refractivity contribution is 0.0600. The highest BCUT2D eigenvalue weighted by molar-refractivity contribution is 9.11. The normalized spacial score (nSPS) is 11.0. The highest BCUT2D eigenvalue weighted by Gasteiger charge is 2.16. The molecule has 0 amide bonds. The van der Waals surface area contributed by atoms with Crippen molar-refractivity contribution in [3.63, 3.8) is 0 Å². The molecule has 0 saturated carbocycles. The molecular formula is C25H23BrN2O3. The van der Waals surface area contributed by atoms with Gasteiger partial charge in [0.05, 0.1) is 28.7 Å². The summed E-state index contributed by atoms with van der Waals surface area (Å²) in [6.45, 7) is 6.69. The van der Waals surface area contributed by atoms with Crippen LogP contribution < -0.4 is 4.74 Å². The van der Waals surface area contributed by atoms with Crippen molar-refractivity contribution in [1.82, 2.24) is 9.88 Å². The number of rotatable bonds is 8. The molecule has 158 valence electrons. The Morgan fingerprint density at radius 2 is 1.77 bits per heavy atom. The van der Waals surface area contributed by atoms with Gasteiger partial charge in [-0.05, 0) is 64.8 Å². The van der Waals surface area contributed by atoms with Crippen LogP contribution in [0, 0.1) is 0 Å². The Kier molecular flexibility index (Phi) is 7.62. The molecule has 0 aliphatic heterocycles. The number of hydrogen-bond donors (Lipinski definition) is 0. The number of carbonyl (C=O) groups is 1. The van der Waals surface area contributed by atoms with E-state index in [1.54, 1.807) is 18.3 Å². The van der Waals surface area contributed by atoms with Crippen molar-refractivity contribution in [2.75, 3.05) is 7.11 Å². The number of esters is 1. The Morgan fingerprint density at radius 1 is 1.10 bits per heavy atom. The van der Waals surface area contributed by atoms with E-state index in [9.17, 15) is 4.79 Å². The molecule has 3 rings (SSSR count). The fourth-order valence-corrected chi connectivity index (χ4v) is 3.24. The minimum Gasteiger partial charge on any atom is -0.465 e. The van der Waals surface area contributed by atoms with Gasteiger partial charge in [-0.1, -0.05) is 43.0 Å². The van der Waals surface area contributed by atoms with Gasteiger partial charge >= 0.3 is 5.97 Å². The third-order valence-corrected chi connectivity index (χ3v) is 5.43. The first kappa shape index (κ1) is 22.3. The number of benzene rings is 2. The fraction of sp³-hybridized carbons (Fsp3) is 0.120. The molecule has 0 aliphatic carbocycles. The van der Waals surface area contributed by atoms with Gasteiger partial charge in [0, 0.05) is 12.7 Å². The monoisotopic (exact) mass is 478 g/mol. The summed E-state index contributed by atoms with van der Waals surface area (Å²) < 4.78 is 11.5. The third-order valence-electron chi connectivity index (χ3n) is 4.54. The van der Waals surface area contributed by atoms with Gasteiger partial charge in [0.25, 0.3) is 0 Å². The first-order chi connectivity index (χ1) is 15.0. The fourth-order valence-electron chi connectivity index (χ4n) is 2.90. The molecule has 0 spiro atoms. The van der Waals surface area contributed by atoms with Crippen LogP contribution in [0.1, 0.15) is 28.5 Å². The van der Waals surface area contributed by atoms with Gasteiger partial charge in [-0.3, -0.25) is 4.98 Å². The summed E-state index contributed by atoms with van der Waals surface area (Å²) in [5, 5.41) is 0. The minimum atomic E-state index is -0.415. The van der Waals surface area contributed by atoms with Crippen LogP contribution in [-0.2, 0) is 11.3 Å². The number of allylic oxidation sites excluding steroid dienone is 1. The second-order valence-corrected chi connectivity index (χ2v) is 7.44. The molecule has 0 saturated heterocycles. The van der Waals surface area contributed by atoms with E-state index in [4.69, 9.17) is 9.47 Å². The smallest absolute Gasteiger partial charge is 0.337 e. The van der Waals surface area contributed by atoms with Gasteiger partial charge in [-0.25, -0.2) is 4.79 Å². The quantitative estimate of drug-likeness (QED) is 0.277. The topological polar surface area (TPSA) is 51.7 Å². The van der Waals surface area contributed by atoms with Crippen molar-refractivity contribution >= 4 is 27.6 Å². The van der Waals surface area contributed by atoms with Crippen LogP contribution in [0.2, 0.25) is 0 Å². The molecule has 0 fully saturated rings. The van der Waals surface area contributed by atoms with Crippen LogP contribution in [0.4, 0.5) is 0 Å². The highest BCUT2D eigenvalue weighted by atomic mass is 79.9. The number of halogens is 1. The lowest BCUT2D eigenvalue weighted by atomic mass is 10.1. The number of aromatic nitrogens is 1. The molecule has 0 aliphatic rings. The molecule has 3 aromatic rings. The average Bonchev–Trinajstić information content (AvgIpc) is 2.83. The zero-order valence-corrected chi connectivity index (χ0v) is 19.0. The lowest BCUT2D eigenvalue weighted by Crippen LogP contribution is -2.19. The van der Waals surface area contributed by atoms with Gasteiger partial charge in [0.15, 0.2) is 0 Å². The number of nitrogens with zero attached hydrogens (tertiary/aromatic N) is 2. The maximum atomic E-state index is 11.9. The van der Waals surface area contributed by atoms with E-state index in [1.807, 2.05) is 72.5 Å². The number of pyridine rings is 1. The van der Waals surface area contributed by atoms with Crippen molar-refractivity contribution in [3.05, 3.63) is 107 Å². The standard InChI is InChI=1S/C25H23BrN2O3/c1-4-24(26)28(18(2)23-16-20(14-15-27-23)25(29)30-3)17-19-10-12-22(13-11-19)31-21-8-6-5-7-9-21/h4-16H,2,17H2,1,3H3/b24-4-. The van der Waals surface area contributed by atoms with Crippen molar-refractivity contribution in [2.24, 2.45) is 0 Å². The molecule has 6 heteroatoms. The van der Waals surface area contributed by atoms with Gasteiger partial charge in [0.1, 0.15) is 11.5 Å². The predicted molar refractivity (Wildman–Crippen MR) is 126 cm³/mol. The zero-order valence-electron chi connectivity index (χ0n) is 17.4. The van der Waals surface area contributed by atoms with E-state index in [0.717, 1.165) is 21.7 Å². The summed E-state index contributed by atoms with van der Waals surface area (Å²) in [5.74, 6) is 1.14. The van der Waals surface area contributed by atoms with E-state index < -0.39 is 5.97 Å². The van der Waals surface area contributed by atoms with Crippen LogP contribution in [0.5, 0.6) is 11.5 Å². The minimum absolute atomic E-state index is 0.415. The Balaban J connectivity index is 1.79. The number of methoxy groups -OCH3 is 1. The molecule has 0 radical (unpaired) electrons. The summed E-state index contributed by atoms with van der Waals surface area (Å²) in [5.41, 5.74) is 2.73. The number of carbonyl (C=O) groups excluding carboxylic acids is 1. The third kappa shape index (κ3) is 5.83. The molecule has 0 bridgehead atoms. The zero-order chi connectivity index (χ0) is 22.2. The van der Waals surface area contributed by atoms with Gasteiger partial charge < -0.3 is 14.4 Å². The summed E-state index contributed by atoms with van der Waals surface area (Å²) in [6, 6.07) is 20.8. The number of para-hydroxylation sites is 1. The van der Waals surface area contributed by atoms with E-state index in [2.05, 4.69) is 27.5 Å². The van der Waals surface area contributed by atoms with Crippen molar-refractivity contribution < 1.29 is 14.3 Å². The van der Waals surface area contributed by atoms with E-state index in [0.29, 0.717) is 23.5 Å². The molecule has 0 N–H and O–H groups in total. The molecule has 0 unspecified atom stereocenters. The predicted octanol–water partition coefficient (Wildman–Crippen LogP) is 6.39. The van der Waals surface area contributed by atoms with Gasteiger partial charge in [-0.15, -0.1) is 0 Å². The summed E-state index contributed by atoms with van der Waals surface area (Å²) in [6.07, 6.45) is 3.51. The van der Waals surface area contributed by atoms with E-state index in [-0.39, 0.29) is 0 Å². The molecule has 2 aromatic carbocycles. The maximum Gasteiger partial charge on any atom is 0.337 e. The largest absolute Gasteiger partial charge is 0.465 e.